The average molecular weight is 370 g/mol. The molecule has 5 nitrogen and oxygen atoms in total. The molecule has 136 valence electrons. The van der Waals surface area contributed by atoms with E-state index in [4.69, 9.17) is 4.74 Å². The number of nitrogens with zero attached hydrogens (tertiary/aromatic N) is 1. The summed E-state index contributed by atoms with van der Waals surface area (Å²) in [7, 11) is 1.56. The Kier molecular flexibility index (Phi) is 5.52. The van der Waals surface area contributed by atoms with Crippen molar-refractivity contribution < 1.29 is 14.3 Å². The lowest BCUT2D eigenvalue weighted by Gasteiger charge is -2.34. The fourth-order valence-electron chi connectivity index (χ4n) is 2.85. The second-order valence-electron chi connectivity index (χ2n) is 6.25. The van der Waals surface area contributed by atoms with Crippen LogP contribution in [0.5, 0.6) is 5.75 Å². The molecule has 0 unspecified atom stereocenters. The Bertz CT molecular complexity index is 838. The van der Waals surface area contributed by atoms with Gasteiger partial charge in [0.15, 0.2) is 6.10 Å². The number of hydrogen-bond donors (Lipinski definition) is 1. The minimum atomic E-state index is -0.704. The first-order chi connectivity index (χ1) is 12.5. The molecule has 0 aliphatic carbocycles. The number of rotatable bonds is 4. The van der Waals surface area contributed by atoms with Crippen molar-refractivity contribution in [2.45, 2.75) is 24.8 Å². The molecule has 1 atom stereocenters. The van der Waals surface area contributed by atoms with Gasteiger partial charge in [0.1, 0.15) is 5.75 Å². The summed E-state index contributed by atoms with van der Waals surface area (Å²) >= 11 is 1.52. The molecule has 2 aromatic carbocycles. The van der Waals surface area contributed by atoms with E-state index < -0.39 is 6.10 Å². The van der Waals surface area contributed by atoms with Crippen molar-refractivity contribution >= 4 is 29.3 Å². The summed E-state index contributed by atoms with van der Waals surface area (Å²) in [6.07, 6.45) is -0.704. The van der Waals surface area contributed by atoms with E-state index in [0.717, 1.165) is 10.5 Å². The zero-order chi connectivity index (χ0) is 18.7. The van der Waals surface area contributed by atoms with Crippen LogP contribution in [-0.4, -0.2) is 37.3 Å². The van der Waals surface area contributed by atoms with Gasteiger partial charge in [-0.25, -0.2) is 0 Å². The van der Waals surface area contributed by atoms with Crippen molar-refractivity contribution in [2.75, 3.05) is 24.2 Å². The summed E-state index contributed by atoms with van der Waals surface area (Å²) in [6.45, 7) is 4.29. The molecule has 0 spiro atoms. The molecule has 0 bridgehead atoms. The molecule has 26 heavy (non-hydrogen) atoms. The largest absolute Gasteiger partial charge is 0.477 e. The van der Waals surface area contributed by atoms with Crippen LogP contribution in [0.3, 0.4) is 0 Å². The summed E-state index contributed by atoms with van der Waals surface area (Å²) in [5.74, 6) is 0.580. The summed E-state index contributed by atoms with van der Waals surface area (Å²) in [5.41, 5.74) is 3.03. The van der Waals surface area contributed by atoms with Crippen molar-refractivity contribution in [3.8, 4) is 5.75 Å². The maximum absolute atomic E-state index is 12.9. The van der Waals surface area contributed by atoms with Crippen LogP contribution in [0.1, 0.15) is 11.1 Å². The predicted octanol–water partition coefficient (Wildman–Crippen LogP) is 2.94. The third-order valence-corrected chi connectivity index (χ3v) is 5.45. The highest BCUT2D eigenvalue weighted by atomic mass is 32.2. The topological polar surface area (TPSA) is 58.6 Å². The molecule has 1 heterocycles. The van der Waals surface area contributed by atoms with Crippen molar-refractivity contribution in [3.63, 3.8) is 0 Å². The van der Waals surface area contributed by atoms with Crippen molar-refractivity contribution in [1.82, 2.24) is 5.32 Å². The lowest BCUT2D eigenvalue weighted by molar-refractivity contribution is -0.127. The van der Waals surface area contributed by atoms with Gasteiger partial charge in [-0.1, -0.05) is 29.8 Å². The minimum absolute atomic E-state index is 0.0411. The van der Waals surface area contributed by atoms with Gasteiger partial charge < -0.3 is 15.0 Å². The van der Waals surface area contributed by atoms with Crippen LogP contribution in [0, 0.1) is 13.8 Å². The van der Waals surface area contributed by atoms with Crippen molar-refractivity contribution in [1.29, 1.82) is 0 Å². The van der Waals surface area contributed by atoms with Gasteiger partial charge in [0.05, 0.1) is 18.0 Å². The highest BCUT2D eigenvalue weighted by Gasteiger charge is 2.33. The van der Waals surface area contributed by atoms with Crippen LogP contribution in [-0.2, 0) is 9.59 Å². The SMILES string of the molecule is CNC(=O)[C@H]1CN(C(=O)CSc2cc(C)ccc2C)c2ccccc2O1. The molecule has 1 aliphatic heterocycles. The molecule has 0 saturated heterocycles. The first-order valence-corrected chi connectivity index (χ1v) is 9.46. The number of carbonyl (C=O) groups excluding carboxylic acids is 2. The number of aryl methyl sites for hydroxylation is 2. The van der Waals surface area contributed by atoms with E-state index in [0.29, 0.717) is 17.2 Å². The molecule has 1 N–H and O–H groups in total. The van der Waals surface area contributed by atoms with E-state index >= 15 is 0 Å². The van der Waals surface area contributed by atoms with Gasteiger partial charge in [0.25, 0.3) is 5.91 Å². The molecule has 0 fully saturated rings. The van der Waals surface area contributed by atoms with Crippen LogP contribution >= 0.6 is 11.8 Å². The van der Waals surface area contributed by atoms with Gasteiger partial charge in [-0.15, -0.1) is 11.8 Å². The minimum Gasteiger partial charge on any atom is -0.477 e. The van der Waals surface area contributed by atoms with E-state index in [2.05, 4.69) is 23.5 Å². The van der Waals surface area contributed by atoms with Crippen LogP contribution in [0.2, 0.25) is 0 Å². The van der Waals surface area contributed by atoms with E-state index in [1.54, 1.807) is 18.0 Å². The molecule has 0 saturated carbocycles. The number of likely N-dealkylation sites (N-methyl/N-ethyl adjacent to an activating group) is 1. The van der Waals surface area contributed by atoms with E-state index in [9.17, 15) is 9.59 Å². The number of hydrogen-bond acceptors (Lipinski definition) is 4. The highest BCUT2D eigenvalue weighted by molar-refractivity contribution is 8.00. The second kappa shape index (κ2) is 7.83. The Balaban J connectivity index is 1.79. The Morgan fingerprint density at radius 1 is 1.23 bits per heavy atom. The molecular formula is C20H22N2O3S. The van der Waals surface area contributed by atoms with Crippen LogP contribution in [0.25, 0.3) is 0 Å². The van der Waals surface area contributed by atoms with Crippen LogP contribution < -0.4 is 15.0 Å². The zero-order valence-corrected chi connectivity index (χ0v) is 15.9. The van der Waals surface area contributed by atoms with Gasteiger partial charge in [0.2, 0.25) is 5.91 Å². The molecule has 2 aromatic rings. The normalized spacial score (nSPS) is 15.8. The fourth-order valence-corrected chi connectivity index (χ4v) is 3.85. The van der Waals surface area contributed by atoms with E-state index in [-0.39, 0.29) is 18.4 Å². The Morgan fingerprint density at radius 3 is 2.77 bits per heavy atom. The number of thioether (sulfide) groups is 1. The molecular weight excluding hydrogens is 348 g/mol. The molecule has 6 heteroatoms. The first kappa shape index (κ1) is 18.3. The molecule has 1 aliphatic rings. The number of nitrogens with one attached hydrogen (secondary N) is 1. The predicted molar refractivity (Wildman–Crippen MR) is 104 cm³/mol. The number of anilines is 1. The lowest BCUT2D eigenvalue weighted by Crippen LogP contribution is -2.50. The number of benzene rings is 2. The summed E-state index contributed by atoms with van der Waals surface area (Å²) in [6, 6.07) is 13.5. The Morgan fingerprint density at radius 2 is 2.00 bits per heavy atom. The third kappa shape index (κ3) is 3.85. The number of fused-ring (bicyclic) bond motifs is 1. The van der Waals surface area contributed by atoms with Crippen molar-refractivity contribution in [2.24, 2.45) is 0 Å². The fraction of sp³-hybridized carbons (Fsp3) is 0.300. The molecule has 0 aromatic heterocycles. The number of carbonyl (C=O) groups is 2. The summed E-state index contributed by atoms with van der Waals surface area (Å²) in [5, 5.41) is 2.59. The quantitative estimate of drug-likeness (QED) is 0.841. The second-order valence-corrected chi connectivity index (χ2v) is 7.27. The maximum atomic E-state index is 12.9. The molecule has 3 rings (SSSR count). The summed E-state index contributed by atoms with van der Waals surface area (Å²) < 4.78 is 5.75. The lowest BCUT2D eigenvalue weighted by atomic mass is 10.2. The Hall–Kier alpha value is -2.47. The van der Waals surface area contributed by atoms with Gasteiger partial charge in [-0.05, 0) is 37.6 Å². The monoisotopic (exact) mass is 370 g/mol. The van der Waals surface area contributed by atoms with Crippen LogP contribution in [0.4, 0.5) is 5.69 Å². The summed E-state index contributed by atoms with van der Waals surface area (Å²) in [4.78, 5) is 27.7. The standard InChI is InChI=1S/C20H22N2O3S/c1-13-8-9-14(2)18(10-13)26-12-19(23)22-11-17(20(24)21-3)25-16-7-5-4-6-15(16)22/h4-10,17H,11-12H2,1-3H3,(H,21,24)/t17-/m1/s1. The zero-order valence-electron chi connectivity index (χ0n) is 15.1. The molecule has 2 amide bonds. The first-order valence-electron chi connectivity index (χ1n) is 8.47. The number of ether oxygens (including phenoxy) is 1. The van der Waals surface area contributed by atoms with Gasteiger partial charge >= 0.3 is 0 Å². The average Bonchev–Trinajstić information content (AvgIpc) is 2.66. The van der Waals surface area contributed by atoms with E-state index in [1.165, 1.54) is 17.3 Å². The molecule has 0 radical (unpaired) electrons. The van der Waals surface area contributed by atoms with Crippen molar-refractivity contribution in [3.05, 3.63) is 53.6 Å². The smallest absolute Gasteiger partial charge is 0.262 e. The Labute approximate surface area is 157 Å². The number of para-hydroxylation sites is 2. The maximum Gasteiger partial charge on any atom is 0.262 e. The highest BCUT2D eigenvalue weighted by Crippen LogP contribution is 2.34. The van der Waals surface area contributed by atoms with Gasteiger partial charge in [0, 0.05) is 11.9 Å². The van der Waals surface area contributed by atoms with Gasteiger partial charge in [-0.2, -0.15) is 0 Å². The van der Waals surface area contributed by atoms with E-state index in [1.807, 2.05) is 32.0 Å². The van der Waals surface area contributed by atoms with Crippen LogP contribution in [0.15, 0.2) is 47.4 Å². The number of amides is 2. The third-order valence-electron chi connectivity index (χ3n) is 4.31. The van der Waals surface area contributed by atoms with Gasteiger partial charge in [-0.3, -0.25) is 9.59 Å².